The third-order valence-corrected chi connectivity index (χ3v) is 3.92. The molecule has 3 unspecified atom stereocenters. The Morgan fingerprint density at radius 2 is 2.23 bits per heavy atom. The number of piperidine rings is 1. The molecule has 0 amide bonds. The van der Waals surface area contributed by atoms with E-state index in [2.05, 4.69) is 24.9 Å². The van der Waals surface area contributed by atoms with Crippen molar-refractivity contribution >= 4 is 0 Å². The highest BCUT2D eigenvalue weighted by Gasteiger charge is 2.57. The standard InChI is InChI=1S/C11H18N2/c1-9-6-11(9,8-12)10-4-3-5-13(2)7-10/h9-10H,3-7H2,1-2H3. The van der Waals surface area contributed by atoms with Crippen LogP contribution in [0.15, 0.2) is 0 Å². The molecule has 2 heteroatoms. The molecule has 1 aliphatic heterocycles. The Morgan fingerprint density at radius 3 is 2.69 bits per heavy atom. The van der Waals surface area contributed by atoms with Crippen LogP contribution in [0.25, 0.3) is 0 Å². The van der Waals surface area contributed by atoms with E-state index in [4.69, 9.17) is 0 Å². The molecule has 2 nitrogen and oxygen atoms in total. The molecule has 1 saturated carbocycles. The summed E-state index contributed by atoms with van der Waals surface area (Å²) in [4.78, 5) is 2.37. The first-order valence-electron chi connectivity index (χ1n) is 5.29. The van der Waals surface area contributed by atoms with Gasteiger partial charge in [0.15, 0.2) is 0 Å². The molecule has 1 heterocycles. The summed E-state index contributed by atoms with van der Waals surface area (Å²) in [6, 6.07) is 2.57. The SMILES string of the molecule is CC1CC1(C#N)C1CCCN(C)C1. The van der Waals surface area contributed by atoms with Gasteiger partial charge in [-0.2, -0.15) is 5.26 Å². The number of rotatable bonds is 1. The van der Waals surface area contributed by atoms with Crippen LogP contribution >= 0.6 is 0 Å². The summed E-state index contributed by atoms with van der Waals surface area (Å²) in [6.45, 7) is 4.57. The minimum atomic E-state index is 0.0642. The van der Waals surface area contributed by atoms with Crippen molar-refractivity contribution in [2.24, 2.45) is 17.3 Å². The van der Waals surface area contributed by atoms with Crippen molar-refractivity contribution in [3.8, 4) is 6.07 Å². The lowest BCUT2D eigenvalue weighted by atomic mass is 9.82. The van der Waals surface area contributed by atoms with E-state index in [0.29, 0.717) is 11.8 Å². The van der Waals surface area contributed by atoms with Gasteiger partial charge in [-0.05, 0) is 44.7 Å². The van der Waals surface area contributed by atoms with Gasteiger partial charge in [0.1, 0.15) is 0 Å². The normalized spacial score (nSPS) is 45.6. The quantitative estimate of drug-likeness (QED) is 0.613. The Morgan fingerprint density at radius 1 is 1.54 bits per heavy atom. The van der Waals surface area contributed by atoms with Crippen LogP contribution in [0.4, 0.5) is 0 Å². The fourth-order valence-electron chi connectivity index (χ4n) is 2.85. The lowest BCUT2D eigenvalue weighted by Crippen LogP contribution is -2.36. The molecule has 0 aromatic heterocycles. The summed E-state index contributed by atoms with van der Waals surface area (Å²) in [5, 5.41) is 9.20. The van der Waals surface area contributed by atoms with E-state index < -0.39 is 0 Å². The Kier molecular flexibility index (Phi) is 2.08. The zero-order valence-corrected chi connectivity index (χ0v) is 8.58. The predicted molar refractivity (Wildman–Crippen MR) is 52.0 cm³/mol. The molecule has 1 saturated heterocycles. The maximum atomic E-state index is 9.20. The average Bonchev–Trinajstić information content (AvgIpc) is 2.78. The van der Waals surface area contributed by atoms with Crippen molar-refractivity contribution in [3.63, 3.8) is 0 Å². The molecule has 2 fully saturated rings. The molecular weight excluding hydrogens is 160 g/mol. The monoisotopic (exact) mass is 178 g/mol. The summed E-state index contributed by atoms with van der Waals surface area (Å²) in [7, 11) is 2.17. The first-order valence-corrected chi connectivity index (χ1v) is 5.29. The highest BCUT2D eigenvalue weighted by Crippen LogP contribution is 2.58. The van der Waals surface area contributed by atoms with Gasteiger partial charge in [-0.15, -0.1) is 0 Å². The minimum absolute atomic E-state index is 0.0642. The van der Waals surface area contributed by atoms with Gasteiger partial charge in [0.05, 0.1) is 11.5 Å². The van der Waals surface area contributed by atoms with Gasteiger partial charge in [-0.3, -0.25) is 0 Å². The molecule has 3 atom stereocenters. The zero-order chi connectivity index (χ0) is 9.47. The van der Waals surface area contributed by atoms with Gasteiger partial charge in [0.25, 0.3) is 0 Å². The molecule has 1 aliphatic carbocycles. The summed E-state index contributed by atoms with van der Waals surface area (Å²) in [5.41, 5.74) is 0.0642. The fourth-order valence-corrected chi connectivity index (χ4v) is 2.85. The average molecular weight is 178 g/mol. The topological polar surface area (TPSA) is 27.0 Å². The Bertz CT molecular complexity index is 243. The number of nitriles is 1. The van der Waals surface area contributed by atoms with E-state index in [-0.39, 0.29) is 5.41 Å². The van der Waals surface area contributed by atoms with E-state index in [1.807, 2.05) is 0 Å². The Hall–Kier alpha value is -0.550. The van der Waals surface area contributed by atoms with Crippen LogP contribution in [0.2, 0.25) is 0 Å². The third-order valence-electron chi connectivity index (χ3n) is 3.92. The van der Waals surface area contributed by atoms with Crippen molar-refractivity contribution in [1.29, 1.82) is 5.26 Å². The van der Waals surface area contributed by atoms with Gasteiger partial charge in [-0.1, -0.05) is 6.92 Å². The Balaban J connectivity index is 2.05. The maximum Gasteiger partial charge on any atom is 0.0696 e. The third kappa shape index (κ3) is 1.36. The van der Waals surface area contributed by atoms with Crippen molar-refractivity contribution in [2.45, 2.75) is 26.2 Å². The number of hydrogen-bond acceptors (Lipinski definition) is 2. The smallest absolute Gasteiger partial charge is 0.0696 e. The summed E-state index contributed by atoms with van der Waals surface area (Å²) >= 11 is 0. The maximum absolute atomic E-state index is 9.20. The second-order valence-corrected chi connectivity index (χ2v) is 4.86. The van der Waals surface area contributed by atoms with Crippen molar-refractivity contribution in [2.75, 3.05) is 20.1 Å². The highest BCUT2D eigenvalue weighted by atomic mass is 15.1. The largest absolute Gasteiger partial charge is 0.306 e. The molecule has 0 bridgehead atoms. The van der Waals surface area contributed by atoms with Crippen LogP contribution in [-0.2, 0) is 0 Å². The van der Waals surface area contributed by atoms with Gasteiger partial charge in [0.2, 0.25) is 0 Å². The summed E-state index contributed by atoms with van der Waals surface area (Å²) in [6.07, 6.45) is 3.68. The molecule has 0 spiro atoms. The van der Waals surface area contributed by atoms with Crippen LogP contribution in [0.5, 0.6) is 0 Å². The lowest BCUT2D eigenvalue weighted by molar-refractivity contribution is 0.164. The Labute approximate surface area is 80.5 Å². The first kappa shape index (κ1) is 9.02. The van der Waals surface area contributed by atoms with Gasteiger partial charge < -0.3 is 4.90 Å². The predicted octanol–water partition coefficient (Wildman–Crippen LogP) is 1.88. The van der Waals surface area contributed by atoms with E-state index in [0.717, 1.165) is 13.0 Å². The molecule has 0 radical (unpaired) electrons. The molecule has 2 rings (SSSR count). The van der Waals surface area contributed by atoms with Crippen molar-refractivity contribution < 1.29 is 0 Å². The first-order chi connectivity index (χ1) is 6.19. The number of hydrogen-bond donors (Lipinski definition) is 0. The fraction of sp³-hybridized carbons (Fsp3) is 0.909. The van der Waals surface area contributed by atoms with E-state index in [9.17, 15) is 5.26 Å². The van der Waals surface area contributed by atoms with Crippen LogP contribution in [0.1, 0.15) is 26.2 Å². The molecular formula is C11H18N2. The lowest BCUT2D eigenvalue weighted by Gasteiger charge is -2.32. The van der Waals surface area contributed by atoms with E-state index >= 15 is 0 Å². The van der Waals surface area contributed by atoms with Crippen LogP contribution < -0.4 is 0 Å². The summed E-state index contributed by atoms with van der Waals surface area (Å²) in [5.74, 6) is 1.29. The second kappa shape index (κ2) is 2.99. The van der Waals surface area contributed by atoms with Crippen LogP contribution in [0, 0.1) is 28.6 Å². The molecule has 13 heavy (non-hydrogen) atoms. The zero-order valence-electron chi connectivity index (χ0n) is 8.58. The van der Waals surface area contributed by atoms with E-state index in [1.165, 1.54) is 19.4 Å². The van der Waals surface area contributed by atoms with Gasteiger partial charge in [0, 0.05) is 6.54 Å². The van der Waals surface area contributed by atoms with Crippen molar-refractivity contribution in [1.82, 2.24) is 4.90 Å². The molecule has 72 valence electrons. The number of likely N-dealkylation sites (tertiary alicyclic amines) is 1. The number of nitrogens with zero attached hydrogens (tertiary/aromatic N) is 2. The molecule has 0 aromatic carbocycles. The molecule has 0 aromatic rings. The van der Waals surface area contributed by atoms with Crippen molar-refractivity contribution in [3.05, 3.63) is 0 Å². The van der Waals surface area contributed by atoms with Crippen LogP contribution in [-0.4, -0.2) is 25.0 Å². The summed E-state index contributed by atoms with van der Waals surface area (Å²) < 4.78 is 0. The van der Waals surface area contributed by atoms with Gasteiger partial charge in [-0.25, -0.2) is 0 Å². The highest BCUT2D eigenvalue weighted by molar-refractivity contribution is 5.18. The molecule has 0 N–H and O–H groups in total. The van der Waals surface area contributed by atoms with Gasteiger partial charge >= 0.3 is 0 Å². The molecule has 2 aliphatic rings. The van der Waals surface area contributed by atoms with E-state index in [1.54, 1.807) is 0 Å². The van der Waals surface area contributed by atoms with Crippen LogP contribution in [0.3, 0.4) is 0 Å². The minimum Gasteiger partial charge on any atom is -0.306 e. The second-order valence-electron chi connectivity index (χ2n) is 4.86.